The van der Waals surface area contributed by atoms with Crippen LogP contribution in [0.1, 0.15) is 45.5 Å². The van der Waals surface area contributed by atoms with E-state index in [0.29, 0.717) is 23.4 Å². The zero-order valence-electron chi connectivity index (χ0n) is 21.3. The number of nitrogens with zero attached hydrogens (tertiary/aromatic N) is 1. The fourth-order valence-electron chi connectivity index (χ4n) is 5.87. The fourth-order valence-corrected chi connectivity index (χ4v) is 5.87. The van der Waals surface area contributed by atoms with E-state index >= 15 is 0 Å². The minimum Gasteiger partial charge on any atom is -0.322 e. The number of hydrogen-bond acceptors (Lipinski definition) is 3. The molecule has 2 heterocycles. The van der Waals surface area contributed by atoms with Crippen molar-refractivity contribution in [3.63, 3.8) is 0 Å². The summed E-state index contributed by atoms with van der Waals surface area (Å²) in [5, 5.41) is 6.73. The Labute approximate surface area is 223 Å². The topological polar surface area (TPSA) is 61.4 Å². The maximum Gasteiger partial charge on any atom is 0.258 e. The number of para-hydroxylation sites is 1. The van der Waals surface area contributed by atoms with Crippen molar-refractivity contribution in [3.8, 4) is 11.1 Å². The van der Waals surface area contributed by atoms with E-state index in [-0.39, 0.29) is 17.4 Å². The molecule has 1 unspecified atom stereocenters. The van der Waals surface area contributed by atoms with Crippen LogP contribution in [0.3, 0.4) is 0 Å². The van der Waals surface area contributed by atoms with Crippen molar-refractivity contribution in [2.75, 3.05) is 23.3 Å². The first kappa shape index (κ1) is 24.1. The Hall–Kier alpha value is -4.22. The Bertz CT molecular complexity index is 1460. The Morgan fingerprint density at radius 1 is 0.789 bits per heavy atom. The molecule has 1 spiro atoms. The van der Waals surface area contributed by atoms with Crippen molar-refractivity contribution in [2.24, 2.45) is 0 Å². The van der Waals surface area contributed by atoms with Gasteiger partial charge in [-0.3, -0.25) is 9.59 Å². The molecule has 190 valence electrons. The van der Waals surface area contributed by atoms with Gasteiger partial charge in [0.05, 0.1) is 0 Å². The number of carbonyl (C=O) groups excluding carboxylic acids is 2. The second kappa shape index (κ2) is 10.3. The average molecular weight is 502 g/mol. The lowest BCUT2D eigenvalue weighted by atomic mass is 9.87. The van der Waals surface area contributed by atoms with E-state index in [1.807, 2.05) is 65.6 Å². The van der Waals surface area contributed by atoms with Gasteiger partial charge < -0.3 is 15.5 Å². The lowest BCUT2D eigenvalue weighted by molar-refractivity contribution is 0.0984. The SMILES string of the molecule is O=C(Nc1ccc(C(=O)N2CCC3(CCCN3)Cc3ccccc32)cc1)c1ccccc1-c1ccccc1. The molecular formula is C33H31N3O2. The van der Waals surface area contributed by atoms with Gasteiger partial charge in [-0.2, -0.15) is 0 Å². The molecule has 1 fully saturated rings. The molecule has 4 aromatic rings. The zero-order chi connectivity index (χ0) is 26.0. The van der Waals surface area contributed by atoms with Crippen LogP contribution in [-0.4, -0.2) is 30.4 Å². The molecule has 38 heavy (non-hydrogen) atoms. The van der Waals surface area contributed by atoms with Gasteiger partial charge in [0.2, 0.25) is 0 Å². The molecule has 2 aliphatic heterocycles. The van der Waals surface area contributed by atoms with Gasteiger partial charge in [-0.15, -0.1) is 0 Å². The van der Waals surface area contributed by atoms with Crippen molar-refractivity contribution < 1.29 is 9.59 Å². The first-order chi connectivity index (χ1) is 18.6. The summed E-state index contributed by atoms with van der Waals surface area (Å²) in [6.45, 7) is 1.72. The summed E-state index contributed by atoms with van der Waals surface area (Å²) < 4.78 is 0. The van der Waals surface area contributed by atoms with Crippen LogP contribution in [-0.2, 0) is 6.42 Å². The minimum atomic E-state index is -0.181. The van der Waals surface area contributed by atoms with Gasteiger partial charge in [0.25, 0.3) is 11.8 Å². The predicted molar refractivity (Wildman–Crippen MR) is 153 cm³/mol. The third-order valence-corrected chi connectivity index (χ3v) is 7.85. The third kappa shape index (κ3) is 4.73. The first-order valence-corrected chi connectivity index (χ1v) is 13.3. The predicted octanol–water partition coefficient (Wildman–Crippen LogP) is 6.32. The highest BCUT2D eigenvalue weighted by atomic mass is 16.2. The van der Waals surface area contributed by atoms with Gasteiger partial charge in [-0.1, -0.05) is 66.7 Å². The highest BCUT2D eigenvalue weighted by molar-refractivity contribution is 6.09. The molecule has 1 atom stereocenters. The van der Waals surface area contributed by atoms with E-state index in [2.05, 4.69) is 28.8 Å². The van der Waals surface area contributed by atoms with Gasteiger partial charge in [-0.05, 0) is 85.3 Å². The van der Waals surface area contributed by atoms with Gasteiger partial charge in [-0.25, -0.2) is 0 Å². The summed E-state index contributed by atoms with van der Waals surface area (Å²) >= 11 is 0. The van der Waals surface area contributed by atoms with E-state index < -0.39 is 0 Å². The largest absolute Gasteiger partial charge is 0.322 e. The van der Waals surface area contributed by atoms with Crippen molar-refractivity contribution in [2.45, 2.75) is 31.2 Å². The smallest absolute Gasteiger partial charge is 0.258 e. The molecule has 1 saturated heterocycles. The third-order valence-electron chi connectivity index (χ3n) is 7.85. The van der Waals surface area contributed by atoms with Crippen LogP contribution in [0, 0.1) is 0 Å². The fraction of sp³-hybridized carbons (Fsp3) is 0.212. The van der Waals surface area contributed by atoms with Crippen LogP contribution in [0.2, 0.25) is 0 Å². The Morgan fingerprint density at radius 2 is 1.53 bits per heavy atom. The molecule has 5 heteroatoms. The van der Waals surface area contributed by atoms with Gasteiger partial charge in [0.15, 0.2) is 0 Å². The number of nitrogens with one attached hydrogen (secondary N) is 2. The van der Waals surface area contributed by atoms with Crippen molar-refractivity contribution in [1.29, 1.82) is 0 Å². The standard InChI is InChI=1S/C33H31N3O2/c37-31(29-13-6-5-12-28(29)24-9-2-1-3-10-24)35-27-17-15-25(16-18-27)32(38)36-22-20-33(19-8-21-34-33)23-26-11-4-7-14-30(26)36/h1-7,9-18,34H,8,19-23H2,(H,35,37). The summed E-state index contributed by atoms with van der Waals surface area (Å²) in [5.74, 6) is -0.195. The zero-order valence-corrected chi connectivity index (χ0v) is 21.3. The first-order valence-electron chi connectivity index (χ1n) is 13.3. The molecular weight excluding hydrogens is 470 g/mol. The Balaban J connectivity index is 1.21. The van der Waals surface area contributed by atoms with Gasteiger partial charge in [0.1, 0.15) is 0 Å². The van der Waals surface area contributed by atoms with Crippen LogP contribution in [0.5, 0.6) is 0 Å². The van der Waals surface area contributed by atoms with E-state index in [4.69, 9.17) is 0 Å². The maximum absolute atomic E-state index is 13.7. The van der Waals surface area contributed by atoms with Crippen molar-refractivity contribution >= 4 is 23.2 Å². The minimum absolute atomic E-state index is 0.0141. The molecule has 2 N–H and O–H groups in total. The number of hydrogen-bond donors (Lipinski definition) is 2. The summed E-state index contributed by atoms with van der Waals surface area (Å²) in [6.07, 6.45) is 4.20. The molecule has 2 aliphatic rings. The van der Waals surface area contributed by atoms with Crippen molar-refractivity contribution in [3.05, 3.63) is 120 Å². The highest BCUT2D eigenvalue weighted by Gasteiger charge is 2.38. The Kier molecular flexibility index (Phi) is 6.52. The monoisotopic (exact) mass is 501 g/mol. The molecule has 6 rings (SSSR count). The molecule has 0 aliphatic carbocycles. The lowest BCUT2D eigenvalue weighted by Gasteiger charge is -2.28. The van der Waals surface area contributed by atoms with Crippen molar-refractivity contribution in [1.82, 2.24) is 5.32 Å². The molecule has 5 nitrogen and oxygen atoms in total. The Morgan fingerprint density at radius 3 is 2.32 bits per heavy atom. The molecule has 0 saturated carbocycles. The molecule has 0 bridgehead atoms. The lowest BCUT2D eigenvalue weighted by Crippen LogP contribution is -2.43. The molecule has 2 amide bonds. The second-order valence-corrected chi connectivity index (χ2v) is 10.3. The van der Waals surface area contributed by atoms with Gasteiger partial charge >= 0.3 is 0 Å². The summed E-state index contributed by atoms with van der Waals surface area (Å²) in [5.41, 5.74) is 6.03. The number of anilines is 2. The van der Waals surface area contributed by atoms with Crippen LogP contribution >= 0.6 is 0 Å². The van der Waals surface area contributed by atoms with Crippen LogP contribution in [0.4, 0.5) is 11.4 Å². The van der Waals surface area contributed by atoms with E-state index in [0.717, 1.165) is 42.6 Å². The maximum atomic E-state index is 13.7. The number of benzene rings is 4. The average Bonchev–Trinajstić information content (AvgIpc) is 3.35. The molecule has 0 radical (unpaired) electrons. The highest BCUT2D eigenvalue weighted by Crippen LogP contribution is 2.36. The summed E-state index contributed by atoms with van der Waals surface area (Å²) in [4.78, 5) is 28.8. The molecule has 0 aromatic heterocycles. The van der Waals surface area contributed by atoms with E-state index in [9.17, 15) is 9.59 Å². The summed E-state index contributed by atoms with van der Waals surface area (Å²) in [6, 6.07) is 33.0. The van der Waals surface area contributed by atoms with E-state index in [1.165, 1.54) is 12.0 Å². The van der Waals surface area contributed by atoms with Crippen LogP contribution in [0.25, 0.3) is 11.1 Å². The number of amides is 2. The normalized spacial score (nSPS) is 18.6. The molecule has 4 aromatic carbocycles. The second-order valence-electron chi connectivity index (χ2n) is 10.3. The van der Waals surface area contributed by atoms with Crippen LogP contribution in [0.15, 0.2) is 103 Å². The summed E-state index contributed by atoms with van der Waals surface area (Å²) in [7, 11) is 0. The van der Waals surface area contributed by atoms with E-state index in [1.54, 1.807) is 24.3 Å². The van der Waals surface area contributed by atoms with Crippen LogP contribution < -0.4 is 15.5 Å². The van der Waals surface area contributed by atoms with Gasteiger partial charge in [0, 0.05) is 34.6 Å². The quantitative estimate of drug-likeness (QED) is 0.344. The number of rotatable bonds is 4. The number of carbonyl (C=O) groups is 2. The number of fused-ring (bicyclic) bond motifs is 1.